The second-order valence-corrected chi connectivity index (χ2v) is 4.84. The molecular weight excluding hydrogens is 218 g/mol. The number of anilines is 1. The van der Waals surface area contributed by atoms with Gasteiger partial charge >= 0.3 is 0 Å². The Hall–Kier alpha value is -2.02. The zero-order chi connectivity index (χ0) is 12.4. The lowest BCUT2D eigenvalue weighted by Gasteiger charge is -2.29. The first-order valence-corrected chi connectivity index (χ1v) is 6.43. The fraction of sp³-hybridized carbons (Fsp3) is 0.176. The van der Waals surface area contributed by atoms with Gasteiger partial charge in [0.05, 0.1) is 6.04 Å². The van der Waals surface area contributed by atoms with E-state index in [4.69, 9.17) is 0 Å². The molecule has 0 fully saturated rings. The summed E-state index contributed by atoms with van der Waals surface area (Å²) in [7, 11) is 0. The van der Waals surface area contributed by atoms with Crippen molar-refractivity contribution in [2.45, 2.75) is 13.0 Å². The summed E-state index contributed by atoms with van der Waals surface area (Å²) in [5.41, 5.74) is 3.89. The summed E-state index contributed by atoms with van der Waals surface area (Å²) in [6, 6.07) is 19.4. The fourth-order valence-electron chi connectivity index (χ4n) is 2.52. The monoisotopic (exact) mass is 235 g/mol. The molecule has 3 rings (SSSR count). The van der Waals surface area contributed by atoms with Crippen molar-refractivity contribution < 1.29 is 0 Å². The van der Waals surface area contributed by atoms with Gasteiger partial charge in [0.2, 0.25) is 0 Å². The molecule has 0 saturated heterocycles. The summed E-state index contributed by atoms with van der Waals surface area (Å²) in [6.45, 7) is 2.26. The van der Waals surface area contributed by atoms with Crippen LogP contribution in [0.3, 0.4) is 0 Å². The summed E-state index contributed by atoms with van der Waals surface area (Å²) in [6.07, 6.45) is 4.51. The Morgan fingerprint density at radius 3 is 2.44 bits per heavy atom. The molecule has 18 heavy (non-hydrogen) atoms. The highest BCUT2D eigenvalue weighted by Crippen LogP contribution is 2.34. The van der Waals surface area contributed by atoms with Crippen LogP contribution in [0.25, 0.3) is 6.08 Å². The topological polar surface area (TPSA) is 12.0 Å². The molecule has 1 aliphatic rings. The van der Waals surface area contributed by atoms with Crippen LogP contribution in [0, 0.1) is 5.92 Å². The largest absolute Gasteiger partial charge is 0.378 e. The molecule has 0 saturated carbocycles. The summed E-state index contributed by atoms with van der Waals surface area (Å²) in [5.74, 6) is 0.500. The van der Waals surface area contributed by atoms with E-state index >= 15 is 0 Å². The van der Waals surface area contributed by atoms with Crippen LogP contribution in [0.5, 0.6) is 0 Å². The van der Waals surface area contributed by atoms with Crippen LogP contribution in [0.2, 0.25) is 0 Å². The van der Waals surface area contributed by atoms with Crippen molar-refractivity contribution in [3.8, 4) is 0 Å². The molecule has 0 bridgehead atoms. The van der Waals surface area contributed by atoms with Gasteiger partial charge < -0.3 is 5.32 Å². The van der Waals surface area contributed by atoms with E-state index in [-0.39, 0.29) is 0 Å². The second kappa shape index (κ2) is 4.69. The molecule has 2 aromatic rings. The highest BCUT2D eigenvalue weighted by molar-refractivity contribution is 5.60. The molecule has 2 atom stereocenters. The predicted molar refractivity (Wildman–Crippen MR) is 77.4 cm³/mol. The molecule has 0 unspecified atom stereocenters. The molecule has 1 nitrogen and oxygen atoms in total. The summed E-state index contributed by atoms with van der Waals surface area (Å²) < 4.78 is 0. The Labute approximate surface area is 108 Å². The normalized spacial score (nSPS) is 21.4. The molecule has 0 heterocycles. The van der Waals surface area contributed by atoms with E-state index < -0.39 is 0 Å². The van der Waals surface area contributed by atoms with Crippen LogP contribution in [0.1, 0.15) is 24.1 Å². The summed E-state index contributed by atoms with van der Waals surface area (Å²) in [5, 5.41) is 3.64. The Balaban J connectivity index is 1.94. The van der Waals surface area contributed by atoms with Crippen molar-refractivity contribution in [1.29, 1.82) is 0 Å². The van der Waals surface area contributed by atoms with Crippen molar-refractivity contribution in [3.63, 3.8) is 0 Å². The van der Waals surface area contributed by atoms with Gasteiger partial charge in [-0.15, -0.1) is 0 Å². The highest BCUT2D eigenvalue weighted by atomic mass is 14.9. The molecular formula is C17H17N. The number of rotatable bonds is 2. The number of fused-ring (bicyclic) bond motifs is 1. The molecule has 1 heteroatoms. The van der Waals surface area contributed by atoms with Gasteiger partial charge in [-0.3, -0.25) is 0 Å². The van der Waals surface area contributed by atoms with Crippen molar-refractivity contribution in [3.05, 3.63) is 71.8 Å². The molecule has 0 amide bonds. The summed E-state index contributed by atoms with van der Waals surface area (Å²) in [4.78, 5) is 0. The minimum absolute atomic E-state index is 0.355. The smallest absolute Gasteiger partial charge is 0.0579 e. The Kier molecular flexibility index (Phi) is 2.89. The van der Waals surface area contributed by atoms with Crippen molar-refractivity contribution in [2.24, 2.45) is 5.92 Å². The summed E-state index contributed by atoms with van der Waals surface area (Å²) >= 11 is 0. The van der Waals surface area contributed by atoms with Crippen molar-refractivity contribution in [1.82, 2.24) is 0 Å². The van der Waals surface area contributed by atoms with E-state index in [1.807, 2.05) is 6.07 Å². The average molecular weight is 235 g/mol. The number of para-hydroxylation sites is 1. The van der Waals surface area contributed by atoms with Gasteiger partial charge in [-0.1, -0.05) is 61.5 Å². The number of hydrogen-bond donors (Lipinski definition) is 1. The zero-order valence-corrected chi connectivity index (χ0v) is 10.5. The van der Waals surface area contributed by atoms with Gasteiger partial charge in [0, 0.05) is 5.69 Å². The molecule has 0 radical (unpaired) electrons. The van der Waals surface area contributed by atoms with Gasteiger partial charge in [-0.25, -0.2) is 0 Å². The van der Waals surface area contributed by atoms with E-state index in [0.717, 1.165) is 0 Å². The molecule has 1 N–H and O–H groups in total. The highest BCUT2D eigenvalue weighted by Gasteiger charge is 2.22. The number of hydrogen-bond acceptors (Lipinski definition) is 1. The van der Waals surface area contributed by atoms with Gasteiger partial charge in [0.15, 0.2) is 0 Å². The standard InChI is InChI=1S/C17H17N/c1-13-11-12-14-7-5-6-10-16(14)17(13)18-15-8-3-2-4-9-15/h2-13,17-18H,1H3/t13-,17+/m1/s1. The van der Waals surface area contributed by atoms with Crippen molar-refractivity contribution >= 4 is 11.8 Å². The van der Waals surface area contributed by atoms with E-state index in [1.54, 1.807) is 0 Å². The predicted octanol–water partition coefficient (Wildman–Crippen LogP) is 4.50. The SMILES string of the molecule is C[C@@H]1C=Cc2ccccc2[C@H]1Nc1ccccc1. The Bertz CT molecular complexity index is 557. The zero-order valence-electron chi connectivity index (χ0n) is 10.5. The van der Waals surface area contributed by atoms with Gasteiger partial charge in [-0.05, 0) is 29.2 Å². The maximum Gasteiger partial charge on any atom is 0.0579 e. The van der Waals surface area contributed by atoms with Gasteiger partial charge in [0.1, 0.15) is 0 Å². The van der Waals surface area contributed by atoms with Crippen LogP contribution < -0.4 is 5.32 Å². The first-order valence-electron chi connectivity index (χ1n) is 6.43. The van der Waals surface area contributed by atoms with Gasteiger partial charge in [0.25, 0.3) is 0 Å². The lowest BCUT2D eigenvalue weighted by molar-refractivity contribution is 0.598. The maximum absolute atomic E-state index is 3.64. The van der Waals surface area contributed by atoms with Gasteiger partial charge in [-0.2, -0.15) is 0 Å². The third kappa shape index (κ3) is 2.04. The van der Waals surface area contributed by atoms with Crippen LogP contribution in [-0.2, 0) is 0 Å². The molecule has 1 aliphatic carbocycles. The third-order valence-electron chi connectivity index (χ3n) is 3.53. The van der Waals surface area contributed by atoms with E-state index in [2.05, 4.69) is 72.9 Å². The minimum Gasteiger partial charge on any atom is -0.378 e. The first kappa shape index (κ1) is 11.1. The fourth-order valence-corrected chi connectivity index (χ4v) is 2.52. The Morgan fingerprint density at radius 1 is 0.889 bits per heavy atom. The van der Waals surface area contributed by atoms with Crippen LogP contribution in [0.4, 0.5) is 5.69 Å². The Morgan fingerprint density at radius 2 is 1.61 bits per heavy atom. The number of nitrogens with one attached hydrogen (secondary N) is 1. The lowest BCUT2D eigenvalue weighted by Crippen LogP contribution is -2.20. The van der Waals surface area contributed by atoms with Crippen LogP contribution in [-0.4, -0.2) is 0 Å². The van der Waals surface area contributed by atoms with E-state index in [9.17, 15) is 0 Å². The van der Waals surface area contributed by atoms with E-state index in [1.165, 1.54) is 16.8 Å². The molecule has 2 aromatic carbocycles. The van der Waals surface area contributed by atoms with Crippen LogP contribution >= 0.6 is 0 Å². The molecule has 0 aromatic heterocycles. The van der Waals surface area contributed by atoms with Crippen molar-refractivity contribution in [2.75, 3.05) is 5.32 Å². The van der Waals surface area contributed by atoms with Crippen LogP contribution in [0.15, 0.2) is 60.7 Å². The second-order valence-electron chi connectivity index (χ2n) is 4.84. The average Bonchev–Trinajstić information content (AvgIpc) is 2.43. The maximum atomic E-state index is 3.64. The minimum atomic E-state index is 0.355. The quantitative estimate of drug-likeness (QED) is 0.808. The molecule has 0 spiro atoms. The first-order chi connectivity index (χ1) is 8.84. The molecule has 0 aliphatic heterocycles. The molecule has 90 valence electrons. The van der Waals surface area contributed by atoms with E-state index in [0.29, 0.717) is 12.0 Å². The lowest BCUT2D eigenvalue weighted by atomic mass is 9.85. The number of benzene rings is 2. The third-order valence-corrected chi connectivity index (χ3v) is 3.53.